The fourth-order valence-electron chi connectivity index (χ4n) is 1.64. The molecule has 0 spiro atoms. The van der Waals surface area contributed by atoms with Gasteiger partial charge in [-0.05, 0) is 32.0 Å². The second-order valence-electron chi connectivity index (χ2n) is 4.26. The van der Waals surface area contributed by atoms with Crippen LogP contribution in [0.5, 0.6) is 0 Å². The van der Waals surface area contributed by atoms with Crippen molar-refractivity contribution in [2.75, 3.05) is 5.32 Å². The molecule has 2 rings (SSSR count). The number of amides is 1. The zero-order valence-electron chi connectivity index (χ0n) is 11.0. The van der Waals surface area contributed by atoms with E-state index in [0.29, 0.717) is 11.2 Å². The predicted molar refractivity (Wildman–Crippen MR) is 74.4 cm³/mol. The molecule has 1 heterocycles. The molecule has 0 aliphatic rings. The lowest BCUT2D eigenvalue weighted by Crippen LogP contribution is -2.08. The molecular formula is C14H13N3O3. The molecule has 0 radical (unpaired) electrons. The molecule has 102 valence electrons. The topological polar surface area (TPSA) is 92.2 Å². The first-order valence-corrected chi connectivity index (χ1v) is 5.92. The van der Waals surface area contributed by atoms with Gasteiger partial charge in [0.25, 0.3) is 0 Å². The van der Waals surface area contributed by atoms with Gasteiger partial charge in [0.1, 0.15) is 0 Å². The molecule has 1 aromatic carbocycles. The Labute approximate surface area is 115 Å². The number of benzene rings is 1. The minimum Gasteiger partial charge on any atom is -0.478 e. The van der Waals surface area contributed by atoms with E-state index in [-0.39, 0.29) is 0 Å². The van der Waals surface area contributed by atoms with Crippen LogP contribution in [-0.2, 0) is 9.59 Å². The maximum atomic E-state index is 11.5. The fourth-order valence-corrected chi connectivity index (χ4v) is 1.64. The van der Waals surface area contributed by atoms with Crippen molar-refractivity contribution < 1.29 is 14.7 Å². The number of nitrogens with one attached hydrogen (secondary N) is 1. The largest absolute Gasteiger partial charge is 0.478 e. The van der Waals surface area contributed by atoms with Gasteiger partial charge in [-0.1, -0.05) is 0 Å². The quantitative estimate of drug-likeness (QED) is 0.831. The smallest absolute Gasteiger partial charge is 0.328 e. The first kappa shape index (κ1) is 13.7. The van der Waals surface area contributed by atoms with Crippen LogP contribution in [0.2, 0.25) is 0 Å². The van der Waals surface area contributed by atoms with E-state index in [9.17, 15) is 9.59 Å². The summed E-state index contributed by atoms with van der Waals surface area (Å²) in [5.74, 6) is -1.68. The predicted octanol–water partition coefficient (Wildman–Crippen LogP) is 1.83. The van der Waals surface area contributed by atoms with E-state index >= 15 is 0 Å². The maximum absolute atomic E-state index is 11.5. The van der Waals surface area contributed by atoms with Crippen LogP contribution in [0.25, 0.3) is 11.0 Å². The van der Waals surface area contributed by atoms with Crippen molar-refractivity contribution in [1.29, 1.82) is 0 Å². The number of nitrogens with zero attached hydrogens (tertiary/aromatic N) is 2. The van der Waals surface area contributed by atoms with Crippen LogP contribution in [0.4, 0.5) is 5.69 Å². The van der Waals surface area contributed by atoms with Crippen molar-refractivity contribution in [2.24, 2.45) is 0 Å². The standard InChI is InChI=1S/C14H13N3O3/c1-8-9(2)16-12-7-10(3-4-11(12)15-8)17-13(18)5-6-14(19)20/h3-7H,1-2H3,(H,17,18)(H,19,20). The van der Waals surface area contributed by atoms with Crippen molar-refractivity contribution in [3.8, 4) is 0 Å². The van der Waals surface area contributed by atoms with E-state index < -0.39 is 11.9 Å². The Morgan fingerprint density at radius 1 is 1.10 bits per heavy atom. The third-order valence-corrected chi connectivity index (χ3v) is 2.72. The van der Waals surface area contributed by atoms with Crippen molar-refractivity contribution in [3.05, 3.63) is 41.7 Å². The van der Waals surface area contributed by atoms with Crippen LogP contribution in [0.3, 0.4) is 0 Å². The Hall–Kier alpha value is -2.76. The Bertz CT molecular complexity index is 723. The van der Waals surface area contributed by atoms with Crippen LogP contribution >= 0.6 is 0 Å². The Morgan fingerprint density at radius 3 is 2.40 bits per heavy atom. The van der Waals surface area contributed by atoms with Gasteiger partial charge in [-0.25, -0.2) is 14.8 Å². The number of rotatable bonds is 3. The molecule has 2 aromatic rings. The van der Waals surface area contributed by atoms with Crippen LogP contribution in [-0.4, -0.2) is 27.0 Å². The average Bonchev–Trinajstić information content (AvgIpc) is 2.38. The summed E-state index contributed by atoms with van der Waals surface area (Å²) in [7, 11) is 0. The minimum atomic E-state index is -1.17. The van der Waals surface area contributed by atoms with Crippen LogP contribution < -0.4 is 5.32 Å². The number of aryl methyl sites for hydroxylation is 2. The average molecular weight is 271 g/mol. The highest BCUT2D eigenvalue weighted by Gasteiger charge is 2.04. The van der Waals surface area contributed by atoms with Gasteiger partial charge in [-0.2, -0.15) is 0 Å². The number of carboxylic acids is 1. The zero-order valence-corrected chi connectivity index (χ0v) is 11.0. The number of aliphatic carboxylic acids is 1. The molecule has 20 heavy (non-hydrogen) atoms. The molecule has 0 aliphatic carbocycles. The van der Waals surface area contributed by atoms with Gasteiger partial charge in [-0.15, -0.1) is 0 Å². The van der Waals surface area contributed by atoms with E-state index in [1.807, 2.05) is 13.8 Å². The summed E-state index contributed by atoms with van der Waals surface area (Å²) >= 11 is 0. The van der Waals surface area contributed by atoms with Crippen LogP contribution in [0, 0.1) is 13.8 Å². The summed E-state index contributed by atoms with van der Waals surface area (Å²) in [5.41, 5.74) is 3.64. The van der Waals surface area contributed by atoms with Gasteiger partial charge in [0.05, 0.1) is 22.4 Å². The summed E-state index contributed by atoms with van der Waals surface area (Å²) in [6.45, 7) is 3.75. The van der Waals surface area contributed by atoms with Gasteiger partial charge >= 0.3 is 5.97 Å². The SMILES string of the molecule is Cc1nc2ccc(NC(=O)C=CC(=O)O)cc2nc1C. The number of anilines is 1. The summed E-state index contributed by atoms with van der Waals surface area (Å²) < 4.78 is 0. The van der Waals surface area contributed by atoms with Gasteiger partial charge < -0.3 is 10.4 Å². The molecule has 6 nitrogen and oxygen atoms in total. The first-order chi connectivity index (χ1) is 9.45. The second kappa shape index (κ2) is 5.48. The van der Waals surface area contributed by atoms with Crippen molar-refractivity contribution in [2.45, 2.75) is 13.8 Å². The van der Waals surface area contributed by atoms with Gasteiger partial charge in [-0.3, -0.25) is 4.79 Å². The molecule has 0 fully saturated rings. The van der Waals surface area contributed by atoms with Gasteiger partial charge in [0, 0.05) is 17.8 Å². The molecule has 6 heteroatoms. The molecule has 0 atom stereocenters. The normalized spacial score (nSPS) is 10.9. The molecule has 1 amide bonds. The van der Waals surface area contributed by atoms with E-state index in [1.54, 1.807) is 18.2 Å². The Balaban J connectivity index is 2.26. The number of aromatic nitrogens is 2. The Morgan fingerprint density at radius 2 is 1.75 bits per heavy atom. The maximum Gasteiger partial charge on any atom is 0.328 e. The lowest BCUT2D eigenvalue weighted by molar-refractivity contribution is -0.131. The molecule has 0 saturated carbocycles. The number of hydrogen-bond acceptors (Lipinski definition) is 4. The molecule has 0 saturated heterocycles. The summed E-state index contributed by atoms with van der Waals surface area (Å²) in [6.07, 6.45) is 1.74. The summed E-state index contributed by atoms with van der Waals surface area (Å²) in [5, 5.41) is 11.0. The molecule has 1 aromatic heterocycles. The van der Waals surface area contributed by atoms with E-state index in [1.165, 1.54) is 0 Å². The van der Waals surface area contributed by atoms with E-state index in [4.69, 9.17) is 5.11 Å². The highest BCUT2D eigenvalue weighted by Crippen LogP contribution is 2.17. The minimum absolute atomic E-state index is 0.511. The first-order valence-electron chi connectivity index (χ1n) is 5.92. The van der Waals surface area contributed by atoms with Gasteiger partial charge in [0.2, 0.25) is 5.91 Å². The van der Waals surface area contributed by atoms with E-state index in [0.717, 1.165) is 29.1 Å². The molecule has 0 aliphatic heterocycles. The number of carbonyl (C=O) groups is 2. The monoisotopic (exact) mass is 271 g/mol. The molecule has 2 N–H and O–H groups in total. The van der Waals surface area contributed by atoms with E-state index in [2.05, 4.69) is 15.3 Å². The fraction of sp³-hybridized carbons (Fsp3) is 0.143. The molecular weight excluding hydrogens is 258 g/mol. The number of fused-ring (bicyclic) bond motifs is 1. The van der Waals surface area contributed by atoms with Crippen LogP contribution in [0.15, 0.2) is 30.4 Å². The molecule has 0 unspecified atom stereocenters. The van der Waals surface area contributed by atoms with Crippen LogP contribution in [0.1, 0.15) is 11.4 Å². The lowest BCUT2D eigenvalue weighted by Gasteiger charge is -2.05. The lowest BCUT2D eigenvalue weighted by atomic mass is 10.2. The van der Waals surface area contributed by atoms with Crippen molar-refractivity contribution in [3.63, 3.8) is 0 Å². The third kappa shape index (κ3) is 3.17. The Kier molecular flexibility index (Phi) is 3.74. The second-order valence-corrected chi connectivity index (χ2v) is 4.26. The third-order valence-electron chi connectivity index (χ3n) is 2.72. The highest BCUT2D eigenvalue weighted by atomic mass is 16.4. The molecule has 0 bridgehead atoms. The highest BCUT2D eigenvalue weighted by molar-refractivity contribution is 6.03. The number of hydrogen-bond donors (Lipinski definition) is 2. The summed E-state index contributed by atoms with van der Waals surface area (Å²) in [6, 6.07) is 5.14. The number of carbonyl (C=O) groups excluding carboxylic acids is 1. The van der Waals surface area contributed by atoms with Crippen molar-refractivity contribution in [1.82, 2.24) is 9.97 Å². The number of carboxylic acid groups (broad SMARTS) is 1. The van der Waals surface area contributed by atoms with Crippen molar-refractivity contribution >= 4 is 28.6 Å². The zero-order chi connectivity index (χ0) is 14.7. The van der Waals surface area contributed by atoms with Gasteiger partial charge in [0.15, 0.2) is 0 Å². The summed E-state index contributed by atoms with van der Waals surface area (Å²) in [4.78, 5) is 30.6.